The standard InChI is InChI=1S/C22H22F3N3O2/c1-12(14-5-4-6-15(9-14)22(23,24)25)26-21-16-10-18(29-2)19(30-3)11-17(16)27-20(28-21)13-7-8-13/h4-6,9-13H,7-8H2,1-3H3,(H,26,27,28). The first-order valence-corrected chi connectivity index (χ1v) is 9.67. The molecule has 0 aliphatic heterocycles. The molecule has 0 bridgehead atoms. The molecule has 1 saturated carbocycles. The van der Waals surface area contributed by atoms with E-state index in [9.17, 15) is 13.2 Å². The van der Waals surface area contributed by atoms with Crippen molar-refractivity contribution in [3.8, 4) is 11.5 Å². The summed E-state index contributed by atoms with van der Waals surface area (Å²) in [7, 11) is 3.10. The molecule has 1 atom stereocenters. The van der Waals surface area contributed by atoms with E-state index in [2.05, 4.69) is 15.3 Å². The number of hydrogen-bond acceptors (Lipinski definition) is 5. The SMILES string of the molecule is COc1cc2nc(C3CC3)nc(NC(C)c3cccc(C(F)(F)F)c3)c2cc1OC. The maximum absolute atomic E-state index is 13.1. The molecular formula is C22H22F3N3O2. The number of nitrogens with one attached hydrogen (secondary N) is 1. The summed E-state index contributed by atoms with van der Waals surface area (Å²) in [6, 6.07) is 8.49. The first kappa shape index (κ1) is 20.3. The van der Waals surface area contributed by atoms with Crippen molar-refractivity contribution < 1.29 is 22.6 Å². The van der Waals surface area contributed by atoms with Gasteiger partial charge in [0.05, 0.1) is 25.3 Å². The fourth-order valence-electron chi connectivity index (χ4n) is 3.38. The van der Waals surface area contributed by atoms with Gasteiger partial charge in [-0.1, -0.05) is 12.1 Å². The number of nitrogens with zero attached hydrogens (tertiary/aromatic N) is 2. The number of benzene rings is 2. The summed E-state index contributed by atoms with van der Waals surface area (Å²) in [6.07, 6.45) is -2.33. The third-order valence-corrected chi connectivity index (χ3v) is 5.23. The first-order chi connectivity index (χ1) is 14.3. The highest BCUT2D eigenvalue weighted by Crippen LogP contribution is 2.41. The van der Waals surface area contributed by atoms with E-state index < -0.39 is 17.8 Å². The van der Waals surface area contributed by atoms with Crippen LogP contribution in [0.3, 0.4) is 0 Å². The fraction of sp³-hybridized carbons (Fsp3) is 0.364. The van der Waals surface area contributed by atoms with Gasteiger partial charge in [-0.05, 0) is 43.5 Å². The zero-order valence-electron chi connectivity index (χ0n) is 16.9. The second kappa shape index (κ2) is 7.66. The number of halogens is 3. The lowest BCUT2D eigenvalue weighted by atomic mass is 10.0. The Balaban J connectivity index is 1.75. The summed E-state index contributed by atoms with van der Waals surface area (Å²) in [5.74, 6) is 2.69. The Hall–Kier alpha value is -3.03. The third-order valence-electron chi connectivity index (χ3n) is 5.23. The Labute approximate surface area is 172 Å². The van der Waals surface area contributed by atoms with E-state index in [1.807, 2.05) is 0 Å². The zero-order chi connectivity index (χ0) is 21.5. The molecule has 158 valence electrons. The summed E-state index contributed by atoms with van der Waals surface area (Å²) in [5.41, 5.74) is 0.541. The van der Waals surface area contributed by atoms with Crippen molar-refractivity contribution in [3.05, 3.63) is 53.3 Å². The molecule has 1 aliphatic rings. The maximum atomic E-state index is 13.1. The largest absolute Gasteiger partial charge is 0.493 e. The van der Waals surface area contributed by atoms with Gasteiger partial charge in [-0.2, -0.15) is 13.2 Å². The van der Waals surface area contributed by atoms with Crippen LogP contribution in [-0.4, -0.2) is 24.2 Å². The summed E-state index contributed by atoms with van der Waals surface area (Å²) < 4.78 is 50.1. The van der Waals surface area contributed by atoms with Crippen molar-refractivity contribution in [2.24, 2.45) is 0 Å². The van der Waals surface area contributed by atoms with Crippen molar-refractivity contribution >= 4 is 16.7 Å². The lowest BCUT2D eigenvalue weighted by molar-refractivity contribution is -0.137. The highest BCUT2D eigenvalue weighted by molar-refractivity contribution is 5.92. The van der Waals surface area contributed by atoms with Crippen molar-refractivity contribution in [2.45, 2.75) is 37.9 Å². The van der Waals surface area contributed by atoms with Crippen LogP contribution in [0.5, 0.6) is 11.5 Å². The van der Waals surface area contributed by atoms with Crippen LogP contribution in [0.2, 0.25) is 0 Å². The highest BCUT2D eigenvalue weighted by Gasteiger charge is 2.31. The Bertz CT molecular complexity index is 1080. The van der Waals surface area contributed by atoms with Gasteiger partial charge in [0.1, 0.15) is 11.6 Å². The van der Waals surface area contributed by atoms with Crippen LogP contribution >= 0.6 is 0 Å². The van der Waals surface area contributed by atoms with Gasteiger partial charge in [0, 0.05) is 23.4 Å². The molecule has 1 aromatic heterocycles. The minimum absolute atomic E-state index is 0.312. The van der Waals surface area contributed by atoms with E-state index in [1.54, 1.807) is 39.3 Å². The number of anilines is 1. The van der Waals surface area contributed by atoms with Gasteiger partial charge in [0.15, 0.2) is 11.5 Å². The summed E-state index contributed by atoms with van der Waals surface area (Å²) in [4.78, 5) is 9.36. The van der Waals surface area contributed by atoms with E-state index in [4.69, 9.17) is 9.47 Å². The van der Waals surface area contributed by atoms with Gasteiger partial charge in [-0.15, -0.1) is 0 Å². The van der Waals surface area contributed by atoms with Gasteiger partial charge in [-0.3, -0.25) is 0 Å². The minimum atomic E-state index is -4.39. The number of aromatic nitrogens is 2. The fourth-order valence-corrected chi connectivity index (χ4v) is 3.38. The number of hydrogen-bond donors (Lipinski definition) is 1. The van der Waals surface area contributed by atoms with Crippen LogP contribution in [0.25, 0.3) is 10.9 Å². The van der Waals surface area contributed by atoms with Crippen LogP contribution in [0.1, 0.15) is 48.7 Å². The molecule has 0 radical (unpaired) electrons. The third kappa shape index (κ3) is 3.99. The molecule has 0 amide bonds. The van der Waals surface area contributed by atoms with Gasteiger partial charge in [0.25, 0.3) is 0 Å². The lowest BCUT2D eigenvalue weighted by Crippen LogP contribution is -2.12. The summed E-state index contributed by atoms with van der Waals surface area (Å²) in [6.45, 7) is 1.81. The van der Waals surface area contributed by atoms with E-state index in [0.29, 0.717) is 34.3 Å². The van der Waals surface area contributed by atoms with E-state index in [-0.39, 0.29) is 0 Å². The summed E-state index contributed by atoms with van der Waals surface area (Å²) >= 11 is 0. The van der Waals surface area contributed by atoms with Gasteiger partial charge < -0.3 is 14.8 Å². The molecule has 1 unspecified atom stereocenters. The maximum Gasteiger partial charge on any atom is 0.416 e. The van der Waals surface area contributed by atoms with Crippen LogP contribution in [-0.2, 0) is 6.18 Å². The molecule has 30 heavy (non-hydrogen) atoms. The number of methoxy groups -OCH3 is 2. The molecule has 1 N–H and O–H groups in total. The molecule has 8 heteroatoms. The van der Waals surface area contributed by atoms with Crippen LogP contribution in [0.4, 0.5) is 19.0 Å². The van der Waals surface area contributed by atoms with Crippen molar-refractivity contribution in [3.63, 3.8) is 0 Å². The lowest BCUT2D eigenvalue weighted by Gasteiger charge is -2.19. The Morgan fingerprint density at radius 1 is 1.03 bits per heavy atom. The normalized spacial score (nSPS) is 15.1. The van der Waals surface area contributed by atoms with Gasteiger partial charge in [0.2, 0.25) is 0 Å². The smallest absolute Gasteiger partial charge is 0.416 e. The van der Waals surface area contributed by atoms with Crippen molar-refractivity contribution in [2.75, 3.05) is 19.5 Å². The quantitative estimate of drug-likeness (QED) is 0.556. The number of ether oxygens (including phenoxy) is 2. The molecule has 0 saturated heterocycles. The van der Waals surface area contributed by atoms with Crippen molar-refractivity contribution in [1.29, 1.82) is 0 Å². The van der Waals surface area contributed by atoms with Crippen LogP contribution in [0, 0.1) is 0 Å². The summed E-state index contributed by atoms with van der Waals surface area (Å²) in [5, 5.41) is 4.00. The predicted octanol–water partition coefficient (Wildman–Crippen LogP) is 5.72. The molecule has 2 aromatic carbocycles. The zero-order valence-corrected chi connectivity index (χ0v) is 16.9. The Kier molecular flexibility index (Phi) is 5.17. The van der Waals surface area contributed by atoms with Crippen LogP contribution < -0.4 is 14.8 Å². The average molecular weight is 417 g/mol. The molecule has 3 aromatic rings. The second-order valence-corrected chi connectivity index (χ2v) is 7.42. The van der Waals surface area contributed by atoms with Gasteiger partial charge in [-0.25, -0.2) is 9.97 Å². The molecule has 1 heterocycles. The Morgan fingerprint density at radius 2 is 1.73 bits per heavy atom. The number of fused-ring (bicyclic) bond motifs is 1. The Morgan fingerprint density at radius 3 is 2.37 bits per heavy atom. The molecule has 1 aliphatic carbocycles. The molecule has 0 spiro atoms. The monoisotopic (exact) mass is 417 g/mol. The number of alkyl halides is 3. The van der Waals surface area contributed by atoms with Gasteiger partial charge >= 0.3 is 6.18 Å². The minimum Gasteiger partial charge on any atom is -0.493 e. The molecular weight excluding hydrogens is 395 g/mol. The molecule has 4 rings (SSSR count). The molecule has 5 nitrogen and oxygen atoms in total. The van der Waals surface area contributed by atoms with Crippen molar-refractivity contribution in [1.82, 2.24) is 9.97 Å². The van der Waals surface area contributed by atoms with E-state index in [1.165, 1.54) is 6.07 Å². The van der Waals surface area contributed by atoms with E-state index >= 15 is 0 Å². The van der Waals surface area contributed by atoms with Crippen LogP contribution in [0.15, 0.2) is 36.4 Å². The number of rotatable bonds is 6. The van der Waals surface area contributed by atoms with E-state index in [0.717, 1.165) is 36.2 Å². The predicted molar refractivity (Wildman–Crippen MR) is 108 cm³/mol. The molecule has 1 fully saturated rings. The average Bonchev–Trinajstić information content (AvgIpc) is 3.57. The first-order valence-electron chi connectivity index (χ1n) is 9.67. The second-order valence-electron chi connectivity index (χ2n) is 7.42. The highest BCUT2D eigenvalue weighted by atomic mass is 19.4. The topological polar surface area (TPSA) is 56.3 Å².